The van der Waals surface area contributed by atoms with Gasteiger partial charge < -0.3 is 20.1 Å². The molecule has 0 aliphatic rings. The Morgan fingerprint density at radius 3 is 2.49 bits per heavy atom. The van der Waals surface area contributed by atoms with Crippen molar-refractivity contribution in [3.8, 4) is 0 Å². The molecule has 2 N–H and O–H groups in total. The van der Waals surface area contributed by atoms with E-state index in [2.05, 4.69) is 83.8 Å². The summed E-state index contributed by atoms with van der Waals surface area (Å²) in [4.78, 5) is 30.6. The van der Waals surface area contributed by atoms with Crippen LogP contribution in [0.5, 0.6) is 0 Å². The number of thiocarbonyl (C=S) groups is 1. The number of imidazole rings is 1. The molecule has 0 fully saturated rings. The summed E-state index contributed by atoms with van der Waals surface area (Å²) in [5, 5.41) is 20.8. The topological polar surface area (TPSA) is 105 Å². The summed E-state index contributed by atoms with van der Waals surface area (Å²) in [5.41, 5.74) is 4.88. The quantitative estimate of drug-likeness (QED) is 0.0786. The van der Waals surface area contributed by atoms with Crippen LogP contribution in [0.15, 0.2) is 104 Å². The number of rotatable bonds is 13. The molecule has 1 amide bonds. The van der Waals surface area contributed by atoms with Crippen molar-refractivity contribution < 1.29 is 9.72 Å². The Labute approximate surface area is 280 Å². The van der Waals surface area contributed by atoms with Gasteiger partial charge in [-0.3, -0.25) is 14.9 Å². The fourth-order valence-electron chi connectivity index (χ4n) is 5.63. The van der Waals surface area contributed by atoms with Crippen molar-refractivity contribution in [3.05, 3.63) is 136 Å². The van der Waals surface area contributed by atoms with Gasteiger partial charge in [0.15, 0.2) is 5.11 Å². The monoisotopic (exact) mass is 648 g/mol. The number of para-hydroxylation sites is 1. The van der Waals surface area contributed by atoms with Gasteiger partial charge in [-0.2, -0.15) is 0 Å². The molecule has 0 aliphatic heterocycles. The van der Waals surface area contributed by atoms with E-state index in [0.29, 0.717) is 24.7 Å². The van der Waals surface area contributed by atoms with E-state index in [1.54, 1.807) is 24.7 Å². The summed E-state index contributed by atoms with van der Waals surface area (Å²) in [6.07, 6.45) is 4.40. The Hall–Kier alpha value is -5.09. The molecule has 5 aromatic rings. The van der Waals surface area contributed by atoms with Crippen molar-refractivity contribution in [3.63, 3.8) is 0 Å². The number of nitro benzene ring substituents is 1. The number of hydrogen-bond donors (Lipinski definition) is 2. The van der Waals surface area contributed by atoms with Crippen molar-refractivity contribution in [1.82, 2.24) is 19.8 Å². The summed E-state index contributed by atoms with van der Waals surface area (Å²) >= 11 is 6.04. The predicted octanol–water partition coefficient (Wildman–Crippen LogP) is 7.27. The van der Waals surface area contributed by atoms with Gasteiger partial charge in [-0.1, -0.05) is 93.1 Å². The minimum Gasteiger partial charge on any atom is -0.351 e. The Balaban J connectivity index is 1.34. The first-order valence-electron chi connectivity index (χ1n) is 15.8. The van der Waals surface area contributed by atoms with Crippen LogP contribution in [-0.4, -0.2) is 43.0 Å². The van der Waals surface area contributed by atoms with Crippen LogP contribution in [0.25, 0.3) is 10.8 Å². The number of carbonyl (C=O) groups excluding carboxylic acids is 1. The standard InChI is InChI=1S/C37H40N6O3S/c1-4-26(2)35(39-36(44)20-32-21-38-25-42(32)22-28-16-18-31(19-17-28)43(45)46)24-41(37(47)40-34-15-8-5-10-27(34)3)23-30-13-9-12-29-11-6-7-14-33(29)30/h5-19,21,25-26,35H,4,20,22-24H2,1-3H3,(H,39,44)(H,40,47)/t26-,35+/m0/s1. The number of anilines is 1. The van der Waals surface area contributed by atoms with Crippen LogP contribution < -0.4 is 10.6 Å². The zero-order valence-electron chi connectivity index (χ0n) is 26.9. The van der Waals surface area contributed by atoms with Gasteiger partial charge in [-0.05, 0) is 58.6 Å². The number of amides is 1. The molecule has 0 spiro atoms. The highest BCUT2D eigenvalue weighted by Crippen LogP contribution is 2.23. The lowest BCUT2D eigenvalue weighted by Crippen LogP contribution is -2.50. The SMILES string of the molecule is CC[C@H](C)[C@@H](CN(Cc1cccc2ccccc12)C(=S)Nc1ccccc1C)NC(=O)Cc1cncn1Cc1ccc([N+](=O)[O-])cc1. The van der Waals surface area contributed by atoms with E-state index in [1.165, 1.54) is 22.9 Å². The third-order valence-electron chi connectivity index (χ3n) is 8.65. The number of non-ortho nitro benzene ring substituents is 1. The molecule has 0 saturated carbocycles. The first-order chi connectivity index (χ1) is 22.7. The van der Waals surface area contributed by atoms with Crippen LogP contribution >= 0.6 is 12.2 Å². The van der Waals surface area contributed by atoms with E-state index in [1.807, 2.05) is 28.8 Å². The molecule has 242 valence electrons. The first kappa shape index (κ1) is 33.3. The number of aromatic nitrogens is 2. The maximum absolute atomic E-state index is 13.6. The fraction of sp³-hybridized carbons (Fsp3) is 0.270. The highest BCUT2D eigenvalue weighted by molar-refractivity contribution is 7.80. The molecule has 5 rings (SSSR count). The molecule has 2 atom stereocenters. The normalized spacial score (nSPS) is 12.3. The molecule has 0 radical (unpaired) electrons. The van der Waals surface area contributed by atoms with Gasteiger partial charge in [0.1, 0.15) is 0 Å². The van der Waals surface area contributed by atoms with E-state index in [-0.39, 0.29) is 30.0 Å². The zero-order valence-corrected chi connectivity index (χ0v) is 27.7. The van der Waals surface area contributed by atoms with Gasteiger partial charge in [-0.25, -0.2) is 4.98 Å². The smallest absolute Gasteiger partial charge is 0.269 e. The minimum absolute atomic E-state index is 0.0400. The Bertz CT molecular complexity index is 1850. The minimum atomic E-state index is -0.418. The molecule has 0 aliphatic carbocycles. The van der Waals surface area contributed by atoms with E-state index in [9.17, 15) is 14.9 Å². The van der Waals surface area contributed by atoms with Crippen LogP contribution in [0.1, 0.15) is 42.7 Å². The molecule has 4 aromatic carbocycles. The number of carbonyl (C=O) groups is 1. The summed E-state index contributed by atoms with van der Waals surface area (Å²) in [6.45, 7) is 7.87. The number of benzene rings is 4. The average Bonchev–Trinajstić information content (AvgIpc) is 3.50. The number of hydrogen-bond acceptors (Lipinski definition) is 5. The lowest BCUT2D eigenvalue weighted by Gasteiger charge is -2.33. The summed E-state index contributed by atoms with van der Waals surface area (Å²) < 4.78 is 1.90. The Morgan fingerprint density at radius 2 is 1.74 bits per heavy atom. The van der Waals surface area contributed by atoms with Crippen LogP contribution in [-0.2, 0) is 24.3 Å². The molecule has 9 nitrogen and oxygen atoms in total. The van der Waals surface area contributed by atoms with Crippen molar-refractivity contribution in [2.75, 3.05) is 11.9 Å². The zero-order chi connectivity index (χ0) is 33.3. The third kappa shape index (κ3) is 8.59. The highest BCUT2D eigenvalue weighted by atomic mass is 32.1. The molecular formula is C37H40N6O3S. The van der Waals surface area contributed by atoms with Crippen molar-refractivity contribution in [2.45, 2.75) is 52.7 Å². The van der Waals surface area contributed by atoms with Crippen LogP contribution in [0.3, 0.4) is 0 Å². The van der Waals surface area contributed by atoms with E-state index in [0.717, 1.165) is 34.5 Å². The highest BCUT2D eigenvalue weighted by Gasteiger charge is 2.24. The lowest BCUT2D eigenvalue weighted by atomic mass is 9.97. The fourth-order valence-corrected chi connectivity index (χ4v) is 5.88. The van der Waals surface area contributed by atoms with E-state index in [4.69, 9.17) is 12.2 Å². The lowest BCUT2D eigenvalue weighted by molar-refractivity contribution is -0.384. The third-order valence-corrected chi connectivity index (χ3v) is 9.01. The Morgan fingerprint density at radius 1 is 1.02 bits per heavy atom. The second-order valence-corrected chi connectivity index (χ2v) is 12.3. The summed E-state index contributed by atoms with van der Waals surface area (Å²) in [7, 11) is 0. The number of nitrogens with one attached hydrogen (secondary N) is 2. The largest absolute Gasteiger partial charge is 0.351 e. The molecular weight excluding hydrogens is 609 g/mol. The number of nitrogens with zero attached hydrogens (tertiary/aromatic N) is 4. The van der Waals surface area contributed by atoms with E-state index < -0.39 is 4.92 Å². The molecule has 1 aromatic heterocycles. The van der Waals surface area contributed by atoms with Gasteiger partial charge in [0.2, 0.25) is 5.91 Å². The maximum Gasteiger partial charge on any atom is 0.269 e. The van der Waals surface area contributed by atoms with E-state index >= 15 is 0 Å². The van der Waals surface area contributed by atoms with Crippen molar-refractivity contribution in [1.29, 1.82) is 0 Å². The Kier molecular flexibility index (Phi) is 11.0. The average molecular weight is 649 g/mol. The van der Waals surface area contributed by atoms with Crippen molar-refractivity contribution >= 4 is 45.4 Å². The second kappa shape index (κ2) is 15.5. The van der Waals surface area contributed by atoms with Crippen LogP contribution in [0.4, 0.5) is 11.4 Å². The van der Waals surface area contributed by atoms with Gasteiger partial charge >= 0.3 is 0 Å². The van der Waals surface area contributed by atoms with Crippen molar-refractivity contribution in [2.24, 2.45) is 5.92 Å². The predicted molar refractivity (Wildman–Crippen MR) is 191 cm³/mol. The number of fused-ring (bicyclic) bond motifs is 1. The van der Waals surface area contributed by atoms with Gasteiger partial charge in [0, 0.05) is 55.4 Å². The van der Waals surface area contributed by atoms with Crippen LogP contribution in [0, 0.1) is 23.0 Å². The van der Waals surface area contributed by atoms with Gasteiger partial charge in [0.25, 0.3) is 5.69 Å². The maximum atomic E-state index is 13.6. The first-order valence-corrected chi connectivity index (χ1v) is 16.2. The van der Waals surface area contributed by atoms with Gasteiger partial charge in [-0.15, -0.1) is 0 Å². The number of aryl methyl sites for hydroxylation is 1. The molecule has 1 heterocycles. The molecule has 0 saturated heterocycles. The van der Waals surface area contributed by atoms with Gasteiger partial charge in [0.05, 0.1) is 17.7 Å². The molecule has 0 unspecified atom stereocenters. The molecule has 47 heavy (non-hydrogen) atoms. The molecule has 10 heteroatoms. The number of nitro groups is 1. The summed E-state index contributed by atoms with van der Waals surface area (Å²) in [6, 6.07) is 29.0. The molecule has 0 bridgehead atoms. The second-order valence-electron chi connectivity index (χ2n) is 11.9. The summed E-state index contributed by atoms with van der Waals surface area (Å²) in [5.74, 6) is 0.0730. The van der Waals surface area contributed by atoms with Crippen LogP contribution in [0.2, 0.25) is 0 Å².